The van der Waals surface area contributed by atoms with E-state index >= 15 is 0 Å². The molecule has 0 nitrogen and oxygen atoms in total. The van der Waals surface area contributed by atoms with Gasteiger partial charge < -0.3 is 0 Å². The summed E-state index contributed by atoms with van der Waals surface area (Å²) in [6, 6.07) is 10.8. The molecule has 216 valence electrons. The maximum atomic E-state index is 12.6. The highest BCUT2D eigenvalue weighted by Gasteiger charge is 2.06. The molecule has 0 aliphatic heterocycles. The first-order valence-corrected chi connectivity index (χ1v) is 12.1. The molecule has 0 saturated heterocycles. The van der Waals surface area contributed by atoms with Crippen molar-refractivity contribution in [3.63, 3.8) is 0 Å². The molecule has 0 aromatic heterocycles. The second kappa shape index (κ2) is 15.2. The smallest absolute Gasteiger partial charge is 0.161 e. The topological polar surface area (TPSA) is 0 Å². The van der Waals surface area contributed by atoms with Gasteiger partial charge in [0.05, 0.1) is 0 Å². The average molecular weight is 569 g/mol. The van der Waals surface area contributed by atoms with E-state index in [0.29, 0.717) is 33.4 Å². The lowest BCUT2D eigenvalue weighted by Gasteiger charge is -1.99. The summed E-state index contributed by atoms with van der Waals surface area (Å²) in [5.74, 6) is -4.07. The number of hydrogen-bond donors (Lipinski definition) is 0. The first-order valence-electron chi connectivity index (χ1n) is 12.1. The van der Waals surface area contributed by atoms with Crippen LogP contribution in [0.15, 0.2) is 48.5 Å². The standard InChI is InChI=1S/4C8H8F2/c1-5-3-8(10)6(2)4-7(5)9;2*1-5-3-7(9)6(2)8(10)4-5;1-5-3-4-6(2)8(10)7(5)9/h4*3-4H,1-2H3. The van der Waals surface area contributed by atoms with E-state index in [1.807, 2.05) is 0 Å². The molecular formula is C32H32F8. The number of hydrogen-bond acceptors (Lipinski definition) is 0. The van der Waals surface area contributed by atoms with Crippen LogP contribution in [0.3, 0.4) is 0 Å². The van der Waals surface area contributed by atoms with Crippen LogP contribution >= 0.6 is 0 Å². The SMILES string of the molecule is Cc1cc(F)c(C)c(F)c1.Cc1cc(F)c(C)c(F)c1.Cc1cc(F)c(C)cc1F.Cc1ccc(C)c(F)c1F. The molecule has 0 aliphatic rings. The number of rotatable bonds is 0. The van der Waals surface area contributed by atoms with Gasteiger partial charge in [0.2, 0.25) is 0 Å². The van der Waals surface area contributed by atoms with E-state index in [4.69, 9.17) is 0 Å². The maximum absolute atomic E-state index is 12.6. The molecule has 0 radical (unpaired) electrons. The fourth-order valence-corrected chi connectivity index (χ4v) is 3.03. The first kappa shape index (κ1) is 34.3. The van der Waals surface area contributed by atoms with Gasteiger partial charge in [-0.15, -0.1) is 0 Å². The van der Waals surface area contributed by atoms with Crippen molar-refractivity contribution in [3.8, 4) is 0 Å². The minimum Gasteiger partial charge on any atom is -0.207 e. The highest BCUT2D eigenvalue weighted by molar-refractivity contribution is 5.26. The Morgan fingerprint density at radius 1 is 0.325 bits per heavy atom. The van der Waals surface area contributed by atoms with E-state index in [-0.39, 0.29) is 22.8 Å². The Bertz CT molecular complexity index is 1280. The Labute approximate surface area is 230 Å². The van der Waals surface area contributed by atoms with E-state index in [1.54, 1.807) is 26.0 Å². The second-order valence-corrected chi connectivity index (χ2v) is 9.39. The summed E-state index contributed by atoms with van der Waals surface area (Å²) in [6.07, 6.45) is 0. The molecule has 0 N–H and O–H groups in total. The molecule has 0 spiro atoms. The highest BCUT2D eigenvalue weighted by atomic mass is 19.2. The maximum Gasteiger partial charge on any atom is 0.161 e. The van der Waals surface area contributed by atoms with Crippen molar-refractivity contribution < 1.29 is 35.1 Å². The molecule has 0 heterocycles. The predicted octanol–water partition coefficient (Wildman–Crippen LogP) is 10.3. The van der Waals surface area contributed by atoms with E-state index in [9.17, 15) is 35.1 Å². The van der Waals surface area contributed by atoms with Crippen molar-refractivity contribution in [3.05, 3.63) is 140 Å². The largest absolute Gasteiger partial charge is 0.207 e. The molecule has 0 fully saturated rings. The van der Waals surface area contributed by atoms with Gasteiger partial charge in [-0.1, -0.05) is 12.1 Å². The summed E-state index contributed by atoms with van der Waals surface area (Å²) < 4.78 is 101. The Morgan fingerprint density at radius 3 is 0.825 bits per heavy atom. The van der Waals surface area contributed by atoms with Crippen molar-refractivity contribution in [1.82, 2.24) is 0 Å². The Hall–Kier alpha value is -3.68. The Kier molecular flexibility index (Phi) is 13.1. The monoisotopic (exact) mass is 568 g/mol. The van der Waals surface area contributed by atoms with E-state index < -0.39 is 34.9 Å². The molecular weight excluding hydrogens is 536 g/mol. The van der Waals surface area contributed by atoms with Gasteiger partial charge >= 0.3 is 0 Å². The molecule has 0 unspecified atom stereocenters. The zero-order valence-electron chi connectivity index (χ0n) is 23.6. The van der Waals surface area contributed by atoms with Crippen molar-refractivity contribution >= 4 is 0 Å². The zero-order valence-corrected chi connectivity index (χ0v) is 23.6. The fraction of sp³-hybridized carbons (Fsp3) is 0.250. The van der Waals surface area contributed by atoms with Crippen molar-refractivity contribution in [1.29, 1.82) is 0 Å². The number of benzene rings is 4. The van der Waals surface area contributed by atoms with Crippen LogP contribution in [0.2, 0.25) is 0 Å². The zero-order chi connectivity index (χ0) is 30.9. The van der Waals surface area contributed by atoms with Gasteiger partial charge in [-0.05, 0) is 125 Å². The lowest BCUT2D eigenvalue weighted by atomic mass is 10.1. The molecule has 40 heavy (non-hydrogen) atoms. The summed E-state index contributed by atoms with van der Waals surface area (Å²) in [7, 11) is 0. The summed E-state index contributed by atoms with van der Waals surface area (Å²) in [6.45, 7) is 12.3. The van der Waals surface area contributed by atoms with Crippen LogP contribution in [0.4, 0.5) is 35.1 Å². The van der Waals surface area contributed by atoms with Crippen molar-refractivity contribution in [2.75, 3.05) is 0 Å². The third kappa shape index (κ3) is 10.1. The molecule has 0 bridgehead atoms. The highest BCUT2D eigenvalue weighted by Crippen LogP contribution is 2.15. The molecule has 8 heteroatoms. The number of aryl methyl sites for hydroxylation is 6. The molecule has 0 saturated carbocycles. The summed E-state index contributed by atoms with van der Waals surface area (Å²) >= 11 is 0. The van der Waals surface area contributed by atoms with Crippen molar-refractivity contribution in [2.24, 2.45) is 0 Å². The molecule has 4 aromatic rings. The van der Waals surface area contributed by atoms with Crippen LogP contribution in [0.5, 0.6) is 0 Å². The van der Waals surface area contributed by atoms with Gasteiger partial charge in [0.15, 0.2) is 11.6 Å². The van der Waals surface area contributed by atoms with Gasteiger partial charge in [-0.3, -0.25) is 0 Å². The Morgan fingerprint density at radius 2 is 0.575 bits per heavy atom. The lowest BCUT2D eigenvalue weighted by molar-refractivity contribution is 0.497. The summed E-state index contributed by atoms with van der Waals surface area (Å²) in [5, 5.41) is 0. The lowest BCUT2D eigenvalue weighted by Crippen LogP contribution is -1.91. The predicted molar refractivity (Wildman–Crippen MR) is 143 cm³/mol. The molecule has 0 atom stereocenters. The fourth-order valence-electron chi connectivity index (χ4n) is 3.03. The molecule has 0 aliphatic carbocycles. The van der Waals surface area contributed by atoms with Gasteiger partial charge in [0.1, 0.15) is 34.9 Å². The number of halogens is 8. The van der Waals surface area contributed by atoms with Crippen LogP contribution in [0.25, 0.3) is 0 Å². The quantitative estimate of drug-likeness (QED) is 0.185. The minimum atomic E-state index is -0.736. The molecule has 4 aromatic carbocycles. The van der Waals surface area contributed by atoms with Crippen LogP contribution in [-0.2, 0) is 0 Å². The second-order valence-electron chi connectivity index (χ2n) is 9.39. The Balaban J connectivity index is 0.000000267. The average Bonchev–Trinajstić information content (AvgIpc) is 2.87. The third-order valence-corrected chi connectivity index (χ3v) is 5.76. The third-order valence-electron chi connectivity index (χ3n) is 5.76. The van der Waals surface area contributed by atoms with Crippen molar-refractivity contribution in [2.45, 2.75) is 55.4 Å². The van der Waals surface area contributed by atoms with Gasteiger partial charge in [-0.2, -0.15) is 0 Å². The van der Waals surface area contributed by atoms with E-state index in [0.717, 1.165) is 0 Å². The normalized spacial score (nSPS) is 10.0. The summed E-state index contributed by atoms with van der Waals surface area (Å²) in [4.78, 5) is 0. The molecule has 0 amide bonds. The summed E-state index contributed by atoms with van der Waals surface area (Å²) in [5.41, 5.74) is 2.80. The van der Waals surface area contributed by atoms with Crippen LogP contribution in [0.1, 0.15) is 44.5 Å². The van der Waals surface area contributed by atoms with E-state index in [2.05, 4.69) is 0 Å². The van der Waals surface area contributed by atoms with Gasteiger partial charge in [-0.25, -0.2) is 35.1 Å². The molecule has 4 rings (SSSR count). The van der Waals surface area contributed by atoms with Gasteiger partial charge in [0, 0.05) is 11.1 Å². The first-order chi connectivity index (χ1) is 18.5. The van der Waals surface area contributed by atoms with Crippen LogP contribution in [-0.4, -0.2) is 0 Å². The van der Waals surface area contributed by atoms with Crippen LogP contribution < -0.4 is 0 Å². The van der Waals surface area contributed by atoms with Gasteiger partial charge in [0.25, 0.3) is 0 Å². The minimum absolute atomic E-state index is 0.0885. The van der Waals surface area contributed by atoms with E-state index in [1.165, 1.54) is 77.9 Å². The van der Waals surface area contributed by atoms with Crippen LogP contribution in [0, 0.1) is 102 Å².